The van der Waals surface area contributed by atoms with E-state index in [1.54, 1.807) is 0 Å². The molecule has 2 rings (SSSR count). The molecule has 106 valence electrons. The van der Waals surface area contributed by atoms with Crippen molar-refractivity contribution in [1.29, 1.82) is 0 Å². The first-order valence-electron chi connectivity index (χ1n) is 7.07. The zero-order chi connectivity index (χ0) is 13.2. The van der Waals surface area contributed by atoms with Crippen LogP contribution in [0.4, 0.5) is 0 Å². The Morgan fingerprint density at radius 1 is 1.28 bits per heavy atom. The van der Waals surface area contributed by atoms with E-state index in [9.17, 15) is 8.42 Å². The van der Waals surface area contributed by atoms with Gasteiger partial charge in [-0.25, -0.2) is 8.42 Å². The lowest BCUT2D eigenvalue weighted by atomic mass is 9.73. The molecule has 5 heteroatoms. The molecule has 4 nitrogen and oxygen atoms in total. The van der Waals surface area contributed by atoms with Crippen LogP contribution in [-0.4, -0.2) is 51.0 Å². The molecule has 2 fully saturated rings. The highest BCUT2D eigenvalue weighted by Gasteiger charge is 2.36. The van der Waals surface area contributed by atoms with Crippen LogP contribution in [0.2, 0.25) is 0 Å². The van der Waals surface area contributed by atoms with Crippen molar-refractivity contribution in [2.75, 3.05) is 31.6 Å². The summed E-state index contributed by atoms with van der Waals surface area (Å²) in [4.78, 5) is 2.25. The number of nitrogens with zero attached hydrogens (tertiary/aromatic N) is 1. The summed E-state index contributed by atoms with van der Waals surface area (Å²) in [6.07, 6.45) is 7.06. The largest absolute Gasteiger partial charge is 0.330 e. The molecule has 0 aromatic rings. The van der Waals surface area contributed by atoms with Crippen LogP contribution < -0.4 is 5.73 Å². The summed E-state index contributed by atoms with van der Waals surface area (Å²) in [6.45, 7) is 1.69. The van der Waals surface area contributed by atoms with Gasteiger partial charge in [0.15, 0.2) is 9.84 Å². The Labute approximate surface area is 111 Å². The second-order valence-electron chi connectivity index (χ2n) is 6.24. The van der Waals surface area contributed by atoms with E-state index >= 15 is 0 Å². The fourth-order valence-electron chi connectivity index (χ4n) is 3.51. The topological polar surface area (TPSA) is 63.4 Å². The van der Waals surface area contributed by atoms with E-state index in [-0.39, 0.29) is 11.5 Å². The summed E-state index contributed by atoms with van der Waals surface area (Å²) in [6, 6.07) is 0.209. The van der Waals surface area contributed by atoms with Crippen molar-refractivity contribution in [3.63, 3.8) is 0 Å². The standard InChI is InChI=1S/C13H26N2O2S/c1-15(12-5-8-18(16,17)9-12)11-13(10-14)6-3-2-4-7-13/h12H,2-11,14H2,1H3. The Hall–Kier alpha value is -0.130. The summed E-state index contributed by atoms with van der Waals surface area (Å²) < 4.78 is 23.1. The van der Waals surface area contributed by atoms with Crippen LogP contribution >= 0.6 is 0 Å². The molecular weight excluding hydrogens is 248 g/mol. The van der Waals surface area contributed by atoms with Gasteiger partial charge in [-0.15, -0.1) is 0 Å². The van der Waals surface area contributed by atoms with Crippen LogP contribution in [0.5, 0.6) is 0 Å². The van der Waals surface area contributed by atoms with E-state index in [0.717, 1.165) is 19.5 Å². The Morgan fingerprint density at radius 2 is 1.94 bits per heavy atom. The Bertz CT molecular complexity index is 374. The molecule has 18 heavy (non-hydrogen) atoms. The highest BCUT2D eigenvalue weighted by atomic mass is 32.2. The van der Waals surface area contributed by atoms with Crippen molar-refractivity contribution in [3.05, 3.63) is 0 Å². The van der Waals surface area contributed by atoms with Gasteiger partial charge in [-0.1, -0.05) is 19.3 Å². The van der Waals surface area contributed by atoms with Crippen LogP contribution in [0.25, 0.3) is 0 Å². The first-order chi connectivity index (χ1) is 8.46. The van der Waals surface area contributed by atoms with Gasteiger partial charge in [-0.2, -0.15) is 0 Å². The van der Waals surface area contributed by atoms with E-state index in [1.807, 2.05) is 0 Å². The number of nitrogens with two attached hydrogens (primary N) is 1. The molecule has 0 aromatic carbocycles. The third-order valence-corrected chi connectivity index (χ3v) is 6.51. The van der Waals surface area contributed by atoms with Gasteiger partial charge in [-0.3, -0.25) is 0 Å². The van der Waals surface area contributed by atoms with Crippen molar-refractivity contribution in [2.24, 2.45) is 11.1 Å². The first-order valence-corrected chi connectivity index (χ1v) is 8.89. The molecule has 0 aromatic heterocycles. The minimum absolute atomic E-state index is 0.209. The summed E-state index contributed by atoms with van der Waals surface area (Å²) in [7, 11) is -0.714. The summed E-state index contributed by atoms with van der Waals surface area (Å²) in [5, 5.41) is 0. The van der Waals surface area contributed by atoms with Crippen LogP contribution in [-0.2, 0) is 9.84 Å². The minimum atomic E-state index is -2.78. The molecule has 1 saturated carbocycles. The Morgan fingerprint density at radius 3 is 2.44 bits per heavy atom. The van der Waals surface area contributed by atoms with E-state index in [4.69, 9.17) is 5.73 Å². The smallest absolute Gasteiger partial charge is 0.151 e. The molecule has 1 aliphatic heterocycles. The van der Waals surface area contributed by atoms with Gasteiger partial charge in [0.1, 0.15) is 0 Å². The van der Waals surface area contributed by atoms with Gasteiger partial charge >= 0.3 is 0 Å². The highest BCUT2D eigenvalue weighted by Crippen LogP contribution is 2.36. The first kappa shape index (κ1) is 14.3. The maximum atomic E-state index is 11.5. The quantitative estimate of drug-likeness (QED) is 0.831. The SMILES string of the molecule is CN(CC1(CN)CCCCC1)C1CCS(=O)(=O)C1. The molecule has 1 atom stereocenters. The molecule has 0 spiro atoms. The van der Waals surface area contributed by atoms with Crippen molar-refractivity contribution >= 4 is 9.84 Å². The number of rotatable bonds is 4. The second-order valence-corrected chi connectivity index (χ2v) is 8.47. The molecule has 0 radical (unpaired) electrons. The minimum Gasteiger partial charge on any atom is -0.330 e. The molecule has 2 N–H and O–H groups in total. The van der Waals surface area contributed by atoms with Crippen LogP contribution in [0.1, 0.15) is 38.5 Å². The fraction of sp³-hybridized carbons (Fsp3) is 1.00. The predicted molar refractivity (Wildman–Crippen MR) is 74.3 cm³/mol. The molecule has 0 bridgehead atoms. The zero-order valence-corrected chi connectivity index (χ0v) is 12.2. The number of sulfone groups is 1. The Balaban J connectivity index is 1.95. The average molecular weight is 274 g/mol. The molecular formula is C13H26N2O2S. The van der Waals surface area contributed by atoms with Crippen molar-refractivity contribution in [1.82, 2.24) is 4.90 Å². The highest BCUT2D eigenvalue weighted by molar-refractivity contribution is 7.91. The maximum Gasteiger partial charge on any atom is 0.151 e. The second kappa shape index (κ2) is 5.47. The van der Waals surface area contributed by atoms with E-state index in [1.165, 1.54) is 32.1 Å². The van der Waals surface area contributed by atoms with Crippen LogP contribution in [0, 0.1) is 5.41 Å². The van der Waals surface area contributed by atoms with Crippen molar-refractivity contribution in [2.45, 2.75) is 44.6 Å². The summed E-state index contributed by atoms with van der Waals surface area (Å²) in [5.74, 6) is 0.696. The normalized spacial score (nSPS) is 30.7. The zero-order valence-electron chi connectivity index (χ0n) is 11.4. The van der Waals surface area contributed by atoms with Gasteiger partial charge in [0, 0.05) is 12.6 Å². The van der Waals surface area contributed by atoms with Crippen LogP contribution in [0.15, 0.2) is 0 Å². The van der Waals surface area contributed by atoms with E-state index in [2.05, 4.69) is 11.9 Å². The van der Waals surface area contributed by atoms with Gasteiger partial charge in [0.05, 0.1) is 11.5 Å². The molecule has 0 amide bonds. The monoisotopic (exact) mass is 274 g/mol. The van der Waals surface area contributed by atoms with Crippen molar-refractivity contribution < 1.29 is 8.42 Å². The lowest BCUT2D eigenvalue weighted by Gasteiger charge is -2.40. The molecule has 1 unspecified atom stereocenters. The van der Waals surface area contributed by atoms with Gasteiger partial charge in [0.25, 0.3) is 0 Å². The average Bonchev–Trinajstić information content (AvgIpc) is 2.71. The van der Waals surface area contributed by atoms with Crippen molar-refractivity contribution in [3.8, 4) is 0 Å². The lowest BCUT2D eigenvalue weighted by Crippen LogP contribution is -2.46. The number of hydrogen-bond acceptors (Lipinski definition) is 4. The van der Waals surface area contributed by atoms with Gasteiger partial charge in [0.2, 0.25) is 0 Å². The third-order valence-electron chi connectivity index (χ3n) is 4.76. The lowest BCUT2D eigenvalue weighted by molar-refractivity contribution is 0.107. The fourth-order valence-corrected chi connectivity index (χ4v) is 5.31. The van der Waals surface area contributed by atoms with E-state index < -0.39 is 9.84 Å². The summed E-state index contributed by atoms with van der Waals surface area (Å²) >= 11 is 0. The maximum absolute atomic E-state index is 11.5. The molecule has 1 aliphatic carbocycles. The van der Waals surface area contributed by atoms with E-state index in [0.29, 0.717) is 11.5 Å². The summed E-state index contributed by atoms with van der Waals surface area (Å²) in [5.41, 5.74) is 6.23. The van der Waals surface area contributed by atoms with Gasteiger partial charge in [-0.05, 0) is 38.3 Å². The molecule has 1 saturated heterocycles. The van der Waals surface area contributed by atoms with Crippen LogP contribution in [0.3, 0.4) is 0 Å². The molecule has 1 heterocycles. The predicted octanol–water partition coefficient (Wildman–Crippen LogP) is 1.01. The van der Waals surface area contributed by atoms with Gasteiger partial charge < -0.3 is 10.6 Å². The Kier molecular flexibility index (Phi) is 4.34. The number of hydrogen-bond donors (Lipinski definition) is 1. The molecule has 2 aliphatic rings. The third kappa shape index (κ3) is 3.25.